The fourth-order valence-corrected chi connectivity index (χ4v) is 3.69. The third-order valence-electron chi connectivity index (χ3n) is 5.11. The number of ether oxygens (including phenoxy) is 2. The molecule has 3 rings (SSSR count). The second kappa shape index (κ2) is 8.86. The van der Waals surface area contributed by atoms with Crippen LogP contribution in [-0.4, -0.2) is 61.3 Å². The highest BCUT2D eigenvalue weighted by Gasteiger charge is 2.36. The van der Waals surface area contributed by atoms with Gasteiger partial charge >= 0.3 is 6.18 Å². The summed E-state index contributed by atoms with van der Waals surface area (Å²) < 4.78 is 50.1. The summed E-state index contributed by atoms with van der Waals surface area (Å²) >= 11 is 0. The van der Waals surface area contributed by atoms with Gasteiger partial charge in [0.1, 0.15) is 18.7 Å². The summed E-state index contributed by atoms with van der Waals surface area (Å²) in [5.74, 6) is 0.605. The summed E-state index contributed by atoms with van der Waals surface area (Å²) in [4.78, 5) is 15.4. The highest BCUT2D eigenvalue weighted by atomic mass is 19.4. The first-order chi connectivity index (χ1) is 13.8. The quantitative estimate of drug-likeness (QED) is 0.637. The second-order valence-corrected chi connectivity index (χ2v) is 7.05. The number of allylic oxidation sites excluding steroid dienone is 1. The minimum absolute atomic E-state index is 0.186. The molecule has 0 aromatic carbocycles. The fourth-order valence-electron chi connectivity index (χ4n) is 3.69. The van der Waals surface area contributed by atoms with E-state index in [1.54, 1.807) is 12.1 Å². The number of aldehydes is 1. The predicted molar refractivity (Wildman–Crippen MR) is 101 cm³/mol. The summed E-state index contributed by atoms with van der Waals surface area (Å²) in [5.41, 5.74) is 2.71. The number of hydrogen-bond donors (Lipinski definition) is 0. The summed E-state index contributed by atoms with van der Waals surface area (Å²) in [6.07, 6.45) is 4.34. The molecule has 2 aliphatic rings. The van der Waals surface area contributed by atoms with Crippen LogP contribution in [0.3, 0.4) is 0 Å². The molecule has 0 spiro atoms. The Bertz CT molecular complexity index is 821. The van der Waals surface area contributed by atoms with Crippen molar-refractivity contribution < 1.29 is 27.4 Å². The van der Waals surface area contributed by atoms with Gasteiger partial charge in [-0.05, 0) is 42.9 Å². The number of alkyl halides is 3. The minimum Gasteiger partial charge on any atom is -0.494 e. The molecule has 0 saturated heterocycles. The average molecular weight is 411 g/mol. The first-order valence-corrected chi connectivity index (χ1v) is 9.40. The summed E-state index contributed by atoms with van der Waals surface area (Å²) in [5, 5.41) is 2.85. The van der Waals surface area contributed by atoms with E-state index in [1.807, 2.05) is 6.08 Å². The van der Waals surface area contributed by atoms with E-state index in [2.05, 4.69) is 4.98 Å². The average Bonchev–Trinajstić information content (AvgIpc) is 3.04. The lowest BCUT2D eigenvalue weighted by molar-refractivity contribution is -0.163. The molecule has 29 heavy (non-hydrogen) atoms. The van der Waals surface area contributed by atoms with Crippen LogP contribution in [0.2, 0.25) is 0 Å². The van der Waals surface area contributed by atoms with Gasteiger partial charge in [0.05, 0.1) is 25.2 Å². The lowest BCUT2D eigenvalue weighted by atomic mass is 9.90. The van der Waals surface area contributed by atoms with E-state index < -0.39 is 12.7 Å². The third kappa shape index (κ3) is 4.90. The molecule has 0 bridgehead atoms. The zero-order valence-corrected chi connectivity index (χ0v) is 16.5. The SMILES string of the molecule is COc1cncc(OCC2=C(C3=CCN(C)N3CC(F)(F)F)CCCC2)c1C=O. The Morgan fingerprint density at radius 3 is 2.62 bits per heavy atom. The van der Waals surface area contributed by atoms with Gasteiger partial charge in [-0.1, -0.05) is 0 Å². The number of hydrogen-bond acceptors (Lipinski definition) is 6. The zero-order chi connectivity index (χ0) is 21.0. The number of carbonyl (C=O) groups excluding carboxylic acids is 1. The van der Waals surface area contributed by atoms with E-state index in [0.29, 0.717) is 36.4 Å². The molecular formula is C20H24F3N3O3. The minimum atomic E-state index is -4.30. The van der Waals surface area contributed by atoms with Crippen LogP contribution >= 0.6 is 0 Å². The van der Waals surface area contributed by atoms with Crippen LogP contribution in [0.1, 0.15) is 36.0 Å². The zero-order valence-electron chi connectivity index (χ0n) is 16.5. The molecule has 2 heterocycles. The highest BCUT2D eigenvalue weighted by Crippen LogP contribution is 2.36. The maximum Gasteiger partial charge on any atom is 0.407 e. The molecule has 0 saturated carbocycles. The predicted octanol–water partition coefficient (Wildman–Crippen LogP) is 3.76. The number of hydrazine groups is 1. The number of halogens is 3. The number of aromatic nitrogens is 1. The van der Waals surface area contributed by atoms with Gasteiger partial charge in [-0.3, -0.25) is 14.8 Å². The van der Waals surface area contributed by atoms with Crippen LogP contribution in [0.5, 0.6) is 11.5 Å². The van der Waals surface area contributed by atoms with Gasteiger partial charge in [0.25, 0.3) is 0 Å². The van der Waals surface area contributed by atoms with Crippen molar-refractivity contribution in [2.45, 2.75) is 31.9 Å². The lowest BCUT2D eigenvalue weighted by Crippen LogP contribution is -2.41. The van der Waals surface area contributed by atoms with Gasteiger partial charge in [0.2, 0.25) is 0 Å². The number of rotatable bonds is 7. The molecule has 0 radical (unpaired) electrons. The molecule has 1 aliphatic carbocycles. The molecule has 158 valence electrons. The molecule has 1 aromatic heterocycles. The fraction of sp³-hybridized carbons (Fsp3) is 0.500. The normalized spacial score (nSPS) is 18.1. The number of pyridine rings is 1. The Labute approximate surface area is 167 Å². The summed E-state index contributed by atoms with van der Waals surface area (Å²) in [7, 11) is 3.08. The Kier molecular flexibility index (Phi) is 6.46. The van der Waals surface area contributed by atoms with E-state index in [9.17, 15) is 18.0 Å². The van der Waals surface area contributed by atoms with Crippen molar-refractivity contribution in [3.63, 3.8) is 0 Å². The van der Waals surface area contributed by atoms with Crippen molar-refractivity contribution in [3.8, 4) is 11.5 Å². The van der Waals surface area contributed by atoms with Crippen LogP contribution in [0, 0.1) is 0 Å². The molecule has 0 fully saturated rings. The molecule has 0 unspecified atom stereocenters. The van der Waals surface area contributed by atoms with Crippen LogP contribution in [-0.2, 0) is 0 Å². The van der Waals surface area contributed by atoms with E-state index in [-0.39, 0.29) is 12.2 Å². The molecule has 1 aromatic rings. The van der Waals surface area contributed by atoms with Crippen molar-refractivity contribution in [1.29, 1.82) is 0 Å². The number of likely N-dealkylation sites (N-methyl/N-ethyl adjacent to an activating group) is 1. The molecular weight excluding hydrogens is 387 g/mol. The van der Waals surface area contributed by atoms with Crippen LogP contribution < -0.4 is 9.47 Å². The van der Waals surface area contributed by atoms with Crippen molar-refractivity contribution >= 4 is 6.29 Å². The number of methoxy groups -OCH3 is 1. The van der Waals surface area contributed by atoms with Crippen molar-refractivity contribution in [2.75, 3.05) is 33.9 Å². The summed E-state index contributed by atoms with van der Waals surface area (Å²) in [6.45, 7) is -0.411. The molecule has 0 amide bonds. The second-order valence-electron chi connectivity index (χ2n) is 7.05. The maximum atomic E-state index is 13.1. The van der Waals surface area contributed by atoms with Crippen LogP contribution in [0.4, 0.5) is 13.2 Å². The maximum absolute atomic E-state index is 13.1. The van der Waals surface area contributed by atoms with Gasteiger partial charge < -0.3 is 9.47 Å². The van der Waals surface area contributed by atoms with Gasteiger partial charge in [-0.25, -0.2) is 5.01 Å². The van der Waals surface area contributed by atoms with Crippen molar-refractivity contribution in [2.24, 2.45) is 0 Å². The number of carbonyl (C=O) groups is 1. The monoisotopic (exact) mass is 411 g/mol. The molecule has 0 atom stereocenters. The van der Waals surface area contributed by atoms with Gasteiger partial charge in [0, 0.05) is 13.6 Å². The molecule has 6 nitrogen and oxygen atoms in total. The molecule has 1 aliphatic heterocycles. The van der Waals surface area contributed by atoms with E-state index in [4.69, 9.17) is 9.47 Å². The Hall–Kier alpha value is -2.55. The summed E-state index contributed by atoms with van der Waals surface area (Å²) in [6, 6.07) is 0. The van der Waals surface area contributed by atoms with Gasteiger partial charge in [-0.2, -0.15) is 13.2 Å². The Morgan fingerprint density at radius 2 is 1.93 bits per heavy atom. The topological polar surface area (TPSA) is 54.9 Å². The van der Waals surface area contributed by atoms with E-state index >= 15 is 0 Å². The largest absolute Gasteiger partial charge is 0.494 e. The van der Waals surface area contributed by atoms with Crippen molar-refractivity contribution in [1.82, 2.24) is 15.0 Å². The Balaban J connectivity index is 1.84. The van der Waals surface area contributed by atoms with Gasteiger partial charge in [0.15, 0.2) is 17.8 Å². The molecule has 9 heteroatoms. The standard InChI is InChI=1S/C20H24F3N3O3/c1-25-8-7-17(26(25)13-20(21,22)23)15-6-4-3-5-14(15)12-29-19-10-24-9-18(28-2)16(19)11-27/h7,9-11H,3-6,8,12-13H2,1-2H3. The van der Waals surface area contributed by atoms with Crippen LogP contribution in [0.15, 0.2) is 35.3 Å². The lowest BCUT2D eigenvalue weighted by Gasteiger charge is -2.33. The Morgan fingerprint density at radius 1 is 1.21 bits per heavy atom. The molecule has 0 N–H and O–H groups in total. The highest BCUT2D eigenvalue weighted by molar-refractivity contribution is 5.83. The van der Waals surface area contributed by atoms with E-state index in [1.165, 1.54) is 24.5 Å². The van der Waals surface area contributed by atoms with Crippen LogP contribution in [0.25, 0.3) is 0 Å². The first kappa shape index (κ1) is 21.2. The third-order valence-corrected chi connectivity index (χ3v) is 5.11. The van der Waals surface area contributed by atoms with E-state index in [0.717, 1.165) is 30.4 Å². The van der Waals surface area contributed by atoms with Gasteiger partial charge in [-0.15, -0.1) is 0 Å². The smallest absolute Gasteiger partial charge is 0.407 e. The first-order valence-electron chi connectivity index (χ1n) is 9.40. The van der Waals surface area contributed by atoms with Crippen molar-refractivity contribution in [3.05, 3.63) is 40.9 Å². The number of nitrogens with zero attached hydrogens (tertiary/aromatic N) is 3.